The van der Waals surface area contributed by atoms with E-state index in [4.69, 9.17) is 33.7 Å². The lowest BCUT2D eigenvalue weighted by atomic mass is 9.55. The molecule has 3 aliphatic rings. The zero-order chi connectivity index (χ0) is 48.0. The fraction of sp³-hybridized carbons (Fsp3) is 0.407. The second-order valence-corrected chi connectivity index (χ2v) is 17.3. The van der Waals surface area contributed by atoms with Gasteiger partial charge in [0.1, 0.15) is 35.6 Å². The summed E-state index contributed by atoms with van der Waals surface area (Å²) < 4.78 is 31.3. The number of oxime groups is 1. The summed E-state index contributed by atoms with van der Waals surface area (Å²) in [5.74, 6) is -1.03. The Balaban J connectivity index is 1.41. The Hall–Kier alpha value is -6.66. The Bertz CT molecular complexity index is 2470. The highest BCUT2D eigenvalue weighted by Crippen LogP contribution is 2.62. The molecular weight excluding hydrogens is 865 g/mol. The maximum absolute atomic E-state index is 15.0. The highest BCUT2D eigenvalue weighted by Gasteiger charge is 2.65. The monoisotopic (exact) mass is 926 g/mol. The summed E-state index contributed by atoms with van der Waals surface area (Å²) in [4.78, 5) is 36.7. The molecule has 14 nitrogen and oxygen atoms in total. The number of allylic oxidation sites excluding steroid dienone is 1. The summed E-state index contributed by atoms with van der Waals surface area (Å²) >= 11 is 0. The van der Waals surface area contributed by atoms with Crippen molar-refractivity contribution in [1.82, 2.24) is 4.90 Å². The lowest BCUT2D eigenvalue weighted by molar-refractivity contribution is -0.254. The second kappa shape index (κ2) is 23.4. The Labute approximate surface area is 398 Å². The number of carbonyl (C=O) groups is 2. The van der Waals surface area contributed by atoms with E-state index in [0.29, 0.717) is 65.6 Å². The van der Waals surface area contributed by atoms with Gasteiger partial charge in [0.25, 0.3) is 5.91 Å². The number of ether oxygens (including phenoxy) is 5. The Kier molecular flexibility index (Phi) is 16.9. The van der Waals surface area contributed by atoms with Crippen LogP contribution >= 0.6 is 0 Å². The maximum atomic E-state index is 15.0. The van der Waals surface area contributed by atoms with Crippen molar-refractivity contribution in [3.05, 3.63) is 138 Å². The van der Waals surface area contributed by atoms with Gasteiger partial charge in [0.15, 0.2) is 0 Å². The first kappa shape index (κ1) is 49.3. The van der Waals surface area contributed by atoms with E-state index < -0.39 is 23.8 Å². The third-order valence-corrected chi connectivity index (χ3v) is 13.1. The fourth-order valence-electron chi connectivity index (χ4n) is 10.1. The van der Waals surface area contributed by atoms with Crippen LogP contribution in [-0.2, 0) is 16.2 Å². The molecule has 2 aliphatic carbocycles. The van der Waals surface area contributed by atoms with Crippen LogP contribution in [0, 0.1) is 29.1 Å². The van der Waals surface area contributed by atoms with Gasteiger partial charge in [-0.3, -0.25) is 10.1 Å². The van der Waals surface area contributed by atoms with E-state index in [1.54, 1.807) is 67.8 Å². The van der Waals surface area contributed by atoms with Crippen LogP contribution in [0.25, 0.3) is 0 Å². The summed E-state index contributed by atoms with van der Waals surface area (Å²) in [5.41, 5.74) is 4.49. The Morgan fingerprint density at radius 1 is 0.956 bits per heavy atom. The summed E-state index contributed by atoms with van der Waals surface area (Å²) in [6, 6.07) is 28.2. The number of nitrogens with zero attached hydrogens (tertiary/aromatic N) is 3. The predicted octanol–water partition coefficient (Wildman–Crippen LogP) is 9.57. The topological polar surface area (TPSA) is 181 Å². The average molecular weight is 927 g/mol. The number of amides is 2. The van der Waals surface area contributed by atoms with E-state index >= 15 is 4.79 Å². The molecule has 3 N–H and O–H groups in total. The van der Waals surface area contributed by atoms with Gasteiger partial charge in [0.2, 0.25) is 5.79 Å². The van der Waals surface area contributed by atoms with Crippen LogP contribution in [0.5, 0.6) is 23.0 Å². The van der Waals surface area contributed by atoms with Gasteiger partial charge in [-0.25, -0.2) is 4.79 Å². The number of aliphatic hydroxyl groups is 2. The number of rotatable bonds is 22. The minimum atomic E-state index is -1.50. The van der Waals surface area contributed by atoms with Crippen molar-refractivity contribution < 1.29 is 48.3 Å². The van der Waals surface area contributed by atoms with E-state index in [2.05, 4.69) is 24.0 Å². The van der Waals surface area contributed by atoms with E-state index in [-0.39, 0.29) is 62.3 Å². The number of hydrogen-bond donors (Lipinski definition) is 3. The minimum absolute atomic E-state index is 0.0159. The van der Waals surface area contributed by atoms with E-state index in [0.717, 1.165) is 42.4 Å². The molecule has 0 radical (unpaired) electrons. The first-order valence-electron chi connectivity index (χ1n) is 23.5. The molecule has 1 heterocycles. The van der Waals surface area contributed by atoms with Gasteiger partial charge < -0.3 is 43.6 Å². The molecule has 1 fully saturated rings. The molecule has 0 bridgehead atoms. The third kappa shape index (κ3) is 10.9. The molecule has 0 spiro atoms. The Morgan fingerprint density at radius 3 is 2.40 bits per heavy atom. The number of methoxy groups -OCH3 is 2. The minimum Gasteiger partial charge on any atom is -0.497 e. The standard InChI is InChI=1S/C54H62N4O10/c1-5-26-58(52(61)38-20-18-36(34-55)19-21-38)49-33-46(57-66-35-37-14-8-7-9-15-37)43-30-39(16-10-12-27-59)42(17-11-13-28-60)50-44-31-41(23-25-47(44)68-54(49,51(43)50)65-29-6-2)67-53(62)56-45-24-22-40(63-3)32-48(45)64-4/h6-9,14-15,18-25,30-32,39,42,49-51,59-60H,2,5,10-13,16-17,26-29,33,35H2,1,3-4H3,(H,56,62)/t39-,42+,49-,50+,51+,54+/m0/s1. The zero-order valence-electron chi connectivity index (χ0n) is 39.1. The van der Waals surface area contributed by atoms with Crippen LogP contribution in [0.1, 0.15) is 91.3 Å². The number of carbonyl (C=O) groups excluding carboxylic acids is 2. The number of anilines is 1. The van der Waals surface area contributed by atoms with Gasteiger partial charge in [0, 0.05) is 49.3 Å². The summed E-state index contributed by atoms with van der Waals surface area (Å²) in [6.07, 6.45) is 8.25. The van der Waals surface area contributed by atoms with E-state index in [9.17, 15) is 20.3 Å². The molecule has 0 saturated heterocycles. The fourth-order valence-corrected chi connectivity index (χ4v) is 10.1. The first-order chi connectivity index (χ1) is 33.2. The van der Waals surface area contributed by atoms with Crippen molar-refractivity contribution in [2.24, 2.45) is 22.9 Å². The lowest BCUT2D eigenvalue weighted by Crippen LogP contribution is -2.70. The number of hydrogen-bond acceptors (Lipinski definition) is 12. The third-order valence-electron chi connectivity index (χ3n) is 13.1. The van der Waals surface area contributed by atoms with E-state index in [1.807, 2.05) is 48.2 Å². The molecule has 68 heavy (non-hydrogen) atoms. The molecule has 6 atom stereocenters. The number of nitriles is 1. The molecule has 14 heteroatoms. The molecule has 1 saturated carbocycles. The number of aliphatic hydroxyl groups excluding tert-OH is 2. The quantitative estimate of drug-likeness (QED) is 0.0388. The maximum Gasteiger partial charge on any atom is 0.417 e. The molecular formula is C54H62N4O10. The molecule has 4 aromatic carbocycles. The molecule has 2 amide bonds. The van der Waals surface area contributed by atoms with Gasteiger partial charge in [-0.1, -0.05) is 67.4 Å². The van der Waals surface area contributed by atoms with Crippen molar-refractivity contribution in [1.29, 1.82) is 5.26 Å². The number of unbranched alkanes of at least 4 members (excludes halogenated alkanes) is 2. The van der Waals surface area contributed by atoms with Crippen molar-refractivity contribution in [2.75, 3.05) is 45.9 Å². The van der Waals surface area contributed by atoms with Gasteiger partial charge in [-0.2, -0.15) is 5.26 Å². The van der Waals surface area contributed by atoms with Crippen molar-refractivity contribution in [2.45, 2.75) is 82.6 Å². The van der Waals surface area contributed by atoms with Crippen molar-refractivity contribution in [3.8, 4) is 29.1 Å². The second-order valence-electron chi connectivity index (χ2n) is 17.3. The van der Waals surface area contributed by atoms with Crippen LogP contribution in [0.4, 0.5) is 10.5 Å². The Morgan fingerprint density at radius 2 is 1.71 bits per heavy atom. The van der Waals surface area contributed by atoms with Crippen molar-refractivity contribution in [3.63, 3.8) is 0 Å². The number of nitrogens with one attached hydrogen (secondary N) is 1. The highest BCUT2D eigenvalue weighted by atomic mass is 16.7. The van der Waals surface area contributed by atoms with Gasteiger partial charge in [-0.15, -0.1) is 6.58 Å². The number of benzene rings is 4. The molecule has 7 rings (SSSR count). The largest absolute Gasteiger partial charge is 0.497 e. The summed E-state index contributed by atoms with van der Waals surface area (Å²) in [7, 11) is 3.05. The zero-order valence-corrected chi connectivity index (χ0v) is 39.1. The SMILES string of the molecule is C=CCO[C@@]12Oc3ccc(OC(=O)Nc4ccc(OC)cc4OC)cc3[C@H]3[C@H](CCCCO)[C@@H](CCCCO)C=C(C(=NOCc4ccccc4)C[C@@H]1N(CCC)C(=O)c1ccc(C#N)cc1)[C@H]32. The van der Waals surface area contributed by atoms with Crippen molar-refractivity contribution >= 4 is 23.4 Å². The molecule has 0 aromatic heterocycles. The summed E-state index contributed by atoms with van der Waals surface area (Å²) in [6.45, 7) is 6.80. The van der Waals surface area contributed by atoms with Crippen LogP contribution in [0.15, 0.2) is 120 Å². The first-order valence-corrected chi connectivity index (χ1v) is 23.5. The van der Waals surface area contributed by atoms with E-state index in [1.165, 1.54) is 7.11 Å². The molecule has 0 unspecified atom stereocenters. The predicted molar refractivity (Wildman–Crippen MR) is 258 cm³/mol. The normalized spacial score (nSPS) is 21.7. The summed E-state index contributed by atoms with van der Waals surface area (Å²) in [5, 5.41) is 37.3. The molecule has 4 aromatic rings. The van der Waals surface area contributed by atoms with Gasteiger partial charge in [0.05, 0.1) is 49.8 Å². The average Bonchev–Trinajstić information content (AvgIpc) is 3.36. The van der Waals surface area contributed by atoms with Gasteiger partial charge in [-0.05, 0) is 110 Å². The number of fused-ring (bicyclic) bond motifs is 2. The van der Waals surface area contributed by atoms with Crippen LogP contribution in [0.2, 0.25) is 0 Å². The van der Waals surface area contributed by atoms with Crippen LogP contribution in [0.3, 0.4) is 0 Å². The van der Waals surface area contributed by atoms with Crippen LogP contribution in [-0.4, -0.2) is 85.2 Å². The van der Waals surface area contributed by atoms with Gasteiger partial charge >= 0.3 is 6.09 Å². The molecule has 358 valence electrons. The molecule has 1 aliphatic heterocycles. The smallest absolute Gasteiger partial charge is 0.417 e. The lowest BCUT2D eigenvalue weighted by Gasteiger charge is -2.60. The highest BCUT2D eigenvalue weighted by molar-refractivity contribution is 6.03. The van der Waals surface area contributed by atoms with Crippen LogP contribution < -0.4 is 24.3 Å².